The first-order valence-electron chi connectivity index (χ1n) is 9.68. The van der Waals surface area contributed by atoms with Crippen LogP contribution in [-0.4, -0.2) is 42.9 Å². The Hall–Kier alpha value is -2.21. The number of benzene rings is 2. The Labute approximate surface area is 185 Å². The van der Waals surface area contributed by atoms with Crippen molar-refractivity contribution in [3.05, 3.63) is 63.7 Å². The van der Waals surface area contributed by atoms with Crippen LogP contribution in [0.2, 0.25) is 0 Å². The van der Waals surface area contributed by atoms with Crippen molar-refractivity contribution in [2.45, 2.75) is 38.3 Å². The van der Waals surface area contributed by atoms with Crippen LogP contribution in [0.1, 0.15) is 28.2 Å². The van der Waals surface area contributed by atoms with Crippen molar-refractivity contribution in [3.63, 3.8) is 0 Å². The van der Waals surface area contributed by atoms with Gasteiger partial charge in [-0.1, -0.05) is 0 Å². The zero-order chi connectivity index (χ0) is 21.7. The molecule has 1 heterocycles. The molecule has 158 valence electrons. The summed E-state index contributed by atoms with van der Waals surface area (Å²) in [5, 5.41) is 0. The van der Waals surface area contributed by atoms with Gasteiger partial charge in [-0.3, -0.25) is 0 Å². The minimum atomic E-state index is -1.17. The third-order valence-electron chi connectivity index (χ3n) is 4.51. The summed E-state index contributed by atoms with van der Waals surface area (Å²) >= 11 is 0.0761. The van der Waals surface area contributed by atoms with Crippen molar-refractivity contribution in [1.29, 1.82) is 0 Å². The zero-order valence-corrected chi connectivity index (χ0v) is 20.1. The second-order valence-corrected chi connectivity index (χ2v) is 10.6. The van der Waals surface area contributed by atoms with Crippen molar-refractivity contribution < 1.29 is 18.5 Å². The molecule has 3 aromatic rings. The first-order chi connectivity index (χ1) is 14.4. The molecule has 0 saturated carbocycles. The van der Waals surface area contributed by atoms with Gasteiger partial charge < -0.3 is 0 Å². The molecule has 0 spiro atoms. The van der Waals surface area contributed by atoms with Gasteiger partial charge in [-0.2, -0.15) is 0 Å². The molecule has 0 saturated heterocycles. The van der Waals surface area contributed by atoms with Crippen LogP contribution in [-0.2, 0) is 26.1 Å². The molecular formula is C23H25NO4SSe. The maximum absolute atomic E-state index is 13.0. The van der Waals surface area contributed by atoms with Crippen molar-refractivity contribution in [2.75, 3.05) is 13.2 Å². The summed E-state index contributed by atoms with van der Waals surface area (Å²) in [6.07, 6.45) is 0. The van der Waals surface area contributed by atoms with Crippen molar-refractivity contribution >= 4 is 31.3 Å². The van der Waals surface area contributed by atoms with Crippen LogP contribution in [0.4, 0.5) is 0 Å². The zero-order valence-electron chi connectivity index (χ0n) is 17.6. The van der Waals surface area contributed by atoms with Gasteiger partial charge in [0.1, 0.15) is 0 Å². The summed E-state index contributed by atoms with van der Waals surface area (Å²) in [6.45, 7) is 7.89. The fourth-order valence-corrected chi connectivity index (χ4v) is 6.91. The summed E-state index contributed by atoms with van der Waals surface area (Å²) in [5.41, 5.74) is 4.18. The fourth-order valence-electron chi connectivity index (χ4n) is 2.85. The Kier molecular flexibility index (Phi) is 7.64. The van der Waals surface area contributed by atoms with Gasteiger partial charge in [0.15, 0.2) is 0 Å². The van der Waals surface area contributed by atoms with Gasteiger partial charge >= 0.3 is 179 Å². The van der Waals surface area contributed by atoms with Gasteiger partial charge in [0.25, 0.3) is 0 Å². The van der Waals surface area contributed by atoms with E-state index in [1.807, 2.05) is 19.9 Å². The van der Waals surface area contributed by atoms with Gasteiger partial charge in [-0.25, -0.2) is 0 Å². The Morgan fingerprint density at radius 3 is 2.50 bits per heavy atom. The number of rotatable bonds is 8. The number of aryl methyl sites for hydroxylation is 3. The summed E-state index contributed by atoms with van der Waals surface area (Å²) in [7, 11) is -1.17. The number of nitrogens with zero attached hydrogens (tertiary/aromatic N) is 1. The number of hydrogen-bond donors (Lipinski definition) is 0. The van der Waals surface area contributed by atoms with Gasteiger partial charge in [-0.05, 0) is 6.92 Å². The molecule has 0 aliphatic rings. The Morgan fingerprint density at radius 2 is 1.83 bits per heavy atom. The predicted molar refractivity (Wildman–Crippen MR) is 120 cm³/mol. The molecule has 5 nitrogen and oxygen atoms in total. The molecule has 0 amide bonds. The number of aromatic nitrogens is 1. The van der Waals surface area contributed by atoms with E-state index >= 15 is 0 Å². The van der Waals surface area contributed by atoms with E-state index in [2.05, 4.69) is 31.2 Å². The molecule has 0 aliphatic carbocycles. The summed E-state index contributed by atoms with van der Waals surface area (Å²) in [5.74, 6) is 0.668. The van der Waals surface area contributed by atoms with Crippen LogP contribution in [0.5, 0.6) is 5.75 Å². The van der Waals surface area contributed by atoms with Crippen LogP contribution in [0.25, 0.3) is 10.1 Å². The standard InChI is InChI=1S/C23H25NO4SSe/c1-5-27-22(25)13-28-20-11-10-19(12-16(20)3)29(26)14-21-17(4)24-23(30-21)18-8-6-15(2)7-9-18/h6-12H,5,13-14H2,1-4H3. The van der Waals surface area contributed by atoms with E-state index in [9.17, 15) is 9.00 Å². The molecule has 3 rings (SSSR count). The molecule has 2 aromatic carbocycles. The molecule has 1 unspecified atom stereocenters. The van der Waals surface area contributed by atoms with Gasteiger partial charge in [-0.15, -0.1) is 0 Å². The molecular weight excluding hydrogens is 465 g/mol. The average molecular weight is 490 g/mol. The van der Waals surface area contributed by atoms with Crippen LogP contribution in [0, 0.1) is 20.8 Å². The molecule has 0 radical (unpaired) electrons. The minimum absolute atomic E-state index is 0.0761. The van der Waals surface area contributed by atoms with E-state index in [4.69, 9.17) is 14.5 Å². The number of hydrogen-bond acceptors (Lipinski definition) is 5. The van der Waals surface area contributed by atoms with Crippen molar-refractivity contribution in [2.24, 2.45) is 0 Å². The van der Waals surface area contributed by atoms with Crippen molar-refractivity contribution in [1.82, 2.24) is 4.98 Å². The Bertz CT molecular complexity index is 1060. The van der Waals surface area contributed by atoms with Gasteiger partial charge in [0.05, 0.1) is 0 Å². The van der Waals surface area contributed by atoms with Gasteiger partial charge in [0, 0.05) is 0 Å². The van der Waals surface area contributed by atoms with E-state index in [-0.39, 0.29) is 21.1 Å². The summed E-state index contributed by atoms with van der Waals surface area (Å²) in [6, 6.07) is 13.8. The first-order valence-corrected chi connectivity index (χ1v) is 12.7. The SMILES string of the molecule is CCOC(=O)COc1ccc(S(=O)Cc2[se]c(-c3ccc(C)cc3)nc2C)cc1C. The number of esters is 1. The number of ether oxygens (including phenoxy) is 2. The average Bonchev–Trinajstić information content (AvgIpc) is 3.08. The maximum atomic E-state index is 13.0. The monoisotopic (exact) mass is 491 g/mol. The van der Waals surface area contributed by atoms with Crippen LogP contribution >= 0.6 is 0 Å². The van der Waals surface area contributed by atoms with Crippen LogP contribution in [0.3, 0.4) is 0 Å². The predicted octanol–water partition coefficient (Wildman–Crippen LogP) is 3.98. The molecule has 0 bridgehead atoms. The number of carbonyl (C=O) groups excluding carboxylic acids is 1. The van der Waals surface area contributed by atoms with Gasteiger partial charge in [0.2, 0.25) is 0 Å². The normalized spacial score (nSPS) is 11.9. The van der Waals surface area contributed by atoms with E-state index in [1.165, 1.54) is 5.56 Å². The molecule has 7 heteroatoms. The molecule has 0 N–H and O–H groups in total. The molecule has 30 heavy (non-hydrogen) atoms. The first kappa shape index (κ1) is 22.5. The van der Waals surface area contributed by atoms with Crippen LogP contribution in [0.15, 0.2) is 47.4 Å². The molecule has 1 atom stereocenters. The topological polar surface area (TPSA) is 65.5 Å². The quantitative estimate of drug-likeness (QED) is 0.353. The molecule has 1 aromatic heterocycles. The van der Waals surface area contributed by atoms with E-state index in [0.717, 1.165) is 30.7 Å². The second-order valence-electron chi connectivity index (χ2n) is 6.90. The molecule has 0 aliphatic heterocycles. The second kappa shape index (κ2) is 10.2. The Balaban J connectivity index is 1.69. The van der Waals surface area contributed by atoms with Crippen LogP contribution < -0.4 is 4.74 Å². The summed E-state index contributed by atoms with van der Waals surface area (Å²) < 4.78 is 25.6. The fraction of sp³-hybridized carbons (Fsp3) is 0.304. The molecule has 0 fully saturated rings. The van der Waals surface area contributed by atoms with E-state index in [1.54, 1.807) is 19.1 Å². The third-order valence-corrected chi connectivity index (χ3v) is 8.79. The Morgan fingerprint density at radius 1 is 1.10 bits per heavy atom. The van der Waals surface area contributed by atoms with Crippen molar-refractivity contribution in [3.8, 4) is 15.9 Å². The summed E-state index contributed by atoms with van der Waals surface area (Å²) in [4.78, 5) is 16.9. The third kappa shape index (κ3) is 5.69. The van der Waals surface area contributed by atoms with E-state index in [0.29, 0.717) is 18.1 Å². The number of carbonyl (C=O) groups is 1. The van der Waals surface area contributed by atoms with E-state index < -0.39 is 16.8 Å².